The molecule has 0 unspecified atom stereocenters. The molecule has 7 heteroatoms. The van der Waals surface area contributed by atoms with Crippen LogP contribution in [0, 0.1) is 6.92 Å². The smallest absolute Gasteiger partial charge is 0.289 e. The van der Waals surface area contributed by atoms with Gasteiger partial charge in [-0.3, -0.25) is 9.59 Å². The molecule has 3 heterocycles. The van der Waals surface area contributed by atoms with E-state index in [-0.39, 0.29) is 11.8 Å². The van der Waals surface area contributed by atoms with E-state index in [4.69, 9.17) is 0 Å². The first-order valence-corrected chi connectivity index (χ1v) is 8.70. The molecule has 0 spiro atoms. The Bertz CT molecular complexity index is 1000. The van der Waals surface area contributed by atoms with Gasteiger partial charge in [0.25, 0.3) is 11.8 Å². The normalized spacial score (nSPS) is 13.9. The maximum Gasteiger partial charge on any atom is 0.289 e. The predicted molar refractivity (Wildman–Crippen MR) is 98.3 cm³/mol. The molecule has 7 nitrogen and oxygen atoms in total. The molecular formula is C19H21N5O2. The second-order valence-electron chi connectivity index (χ2n) is 6.74. The summed E-state index contributed by atoms with van der Waals surface area (Å²) in [6.07, 6.45) is 4.37. The number of aromatic amines is 1. The van der Waals surface area contributed by atoms with Gasteiger partial charge in [0.1, 0.15) is 5.69 Å². The first-order valence-electron chi connectivity index (χ1n) is 8.70. The number of fused-ring (bicyclic) bond motifs is 2. The van der Waals surface area contributed by atoms with Crippen LogP contribution in [0.5, 0.6) is 0 Å². The van der Waals surface area contributed by atoms with Crippen molar-refractivity contribution in [1.82, 2.24) is 24.8 Å². The number of hydrogen-bond acceptors (Lipinski definition) is 3. The number of carbonyl (C=O) groups is 2. The Morgan fingerprint density at radius 1 is 1.35 bits per heavy atom. The largest absolute Gasteiger partial charge is 0.361 e. The summed E-state index contributed by atoms with van der Waals surface area (Å²) in [4.78, 5) is 33.5. The third-order valence-corrected chi connectivity index (χ3v) is 4.83. The second-order valence-corrected chi connectivity index (χ2v) is 6.74. The van der Waals surface area contributed by atoms with Crippen molar-refractivity contribution < 1.29 is 9.59 Å². The summed E-state index contributed by atoms with van der Waals surface area (Å²) in [5, 5.41) is 4.08. The van der Waals surface area contributed by atoms with Gasteiger partial charge >= 0.3 is 0 Å². The molecule has 0 aliphatic carbocycles. The summed E-state index contributed by atoms with van der Waals surface area (Å²) in [5.74, 6) is -0.0705. The van der Waals surface area contributed by atoms with E-state index in [1.807, 2.05) is 6.20 Å². The second kappa shape index (κ2) is 6.33. The zero-order valence-corrected chi connectivity index (χ0v) is 14.9. The van der Waals surface area contributed by atoms with Crippen LogP contribution in [-0.4, -0.2) is 51.4 Å². The maximum absolute atomic E-state index is 12.4. The molecule has 3 aromatic rings. The number of hydrogen-bond donors (Lipinski definition) is 2. The van der Waals surface area contributed by atoms with Crippen molar-refractivity contribution in [2.45, 2.75) is 19.9 Å². The number of H-pyrrole nitrogens is 1. The van der Waals surface area contributed by atoms with Gasteiger partial charge in [-0.15, -0.1) is 0 Å². The number of nitrogens with one attached hydrogen (secondary N) is 2. The van der Waals surface area contributed by atoms with Crippen LogP contribution in [0.3, 0.4) is 0 Å². The quantitative estimate of drug-likeness (QED) is 0.751. The van der Waals surface area contributed by atoms with E-state index in [0.29, 0.717) is 31.2 Å². The van der Waals surface area contributed by atoms with Crippen LogP contribution in [-0.2, 0) is 13.0 Å². The van der Waals surface area contributed by atoms with E-state index in [2.05, 4.69) is 40.4 Å². The monoisotopic (exact) mass is 351 g/mol. The maximum atomic E-state index is 12.4. The number of aryl methyl sites for hydroxylation is 1. The van der Waals surface area contributed by atoms with Gasteiger partial charge in [0, 0.05) is 50.0 Å². The first-order chi connectivity index (χ1) is 12.5. The summed E-state index contributed by atoms with van der Waals surface area (Å²) in [7, 11) is 1.74. The van der Waals surface area contributed by atoms with Crippen molar-refractivity contribution in [3.63, 3.8) is 0 Å². The van der Waals surface area contributed by atoms with E-state index >= 15 is 0 Å². The molecule has 134 valence electrons. The highest BCUT2D eigenvalue weighted by molar-refractivity contribution is 5.96. The predicted octanol–water partition coefficient (Wildman–Crippen LogP) is 1.73. The fraction of sp³-hybridized carbons (Fsp3) is 0.316. The average molecular weight is 351 g/mol. The summed E-state index contributed by atoms with van der Waals surface area (Å²) < 4.78 is 1.75. The fourth-order valence-corrected chi connectivity index (χ4v) is 3.30. The summed E-state index contributed by atoms with van der Waals surface area (Å²) in [5.41, 5.74) is 3.77. The van der Waals surface area contributed by atoms with Crippen molar-refractivity contribution in [3.05, 3.63) is 53.2 Å². The summed E-state index contributed by atoms with van der Waals surface area (Å²) in [6.45, 7) is 3.86. The van der Waals surface area contributed by atoms with Gasteiger partial charge in [0.05, 0.1) is 0 Å². The van der Waals surface area contributed by atoms with Gasteiger partial charge in [-0.1, -0.05) is 11.6 Å². The zero-order valence-electron chi connectivity index (χ0n) is 14.9. The van der Waals surface area contributed by atoms with Crippen molar-refractivity contribution >= 4 is 22.7 Å². The number of imidazole rings is 1. The molecule has 2 N–H and O–H groups in total. The van der Waals surface area contributed by atoms with Crippen molar-refractivity contribution in [2.75, 3.05) is 20.1 Å². The molecule has 1 aliphatic heterocycles. The third kappa shape index (κ3) is 2.85. The molecule has 4 rings (SSSR count). The number of carbonyl (C=O) groups excluding carboxylic acids is 2. The lowest BCUT2D eigenvalue weighted by Gasteiger charge is -2.22. The standard InChI is InChI=1S/C19H21N5O2/c1-12-3-4-15-14(9-12)13(10-21-15)5-6-20-18(25)16-11-24-8-7-23(2)19(26)17(24)22-16/h3-4,9-11,21H,5-8H2,1-2H3,(H,20,25). The Labute approximate surface area is 151 Å². The van der Waals surface area contributed by atoms with Crippen LogP contribution in [0.2, 0.25) is 0 Å². The van der Waals surface area contributed by atoms with Crippen LogP contribution in [0.15, 0.2) is 30.6 Å². The summed E-state index contributed by atoms with van der Waals surface area (Å²) in [6, 6.07) is 6.29. The average Bonchev–Trinajstić information content (AvgIpc) is 3.23. The van der Waals surface area contributed by atoms with Gasteiger partial charge < -0.3 is 19.8 Å². The highest BCUT2D eigenvalue weighted by atomic mass is 16.2. The molecule has 26 heavy (non-hydrogen) atoms. The minimum Gasteiger partial charge on any atom is -0.361 e. The minimum atomic E-state index is -0.252. The molecular weight excluding hydrogens is 330 g/mol. The fourth-order valence-electron chi connectivity index (χ4n) is 3.30. The molecule has 1 aliphatic rings. The molecule has 0 bridgehead atoms. The third-order valence-electron chi connectivity index (χ3n) is 4.83. The lowest BCUT2D eigenvalue weighted by atomic mass is 10.1. The highest BCUT2D eigenvalue weighted by Crippen LogP contribution is 2.20. The van der Waals surface area contributed by atoms with Gasteiger partial charge in [-0.25, -0.2) is 4.98 Å². The zero-order chi connectivity index (χ0) is 18.3. The van der Waals surface area contributed by atoms with E-state index in [1.165, 1.54) is 16.5 Å². The molecule has 0 atom stereocenters. The molecule has 0 fully saturated rings. The van der Waals surface area contributed by atoms with Crippen LogP contribution >= 0.6 is 0 Å². The van der Waals surface area contributed by atoms with E-state index in [1.54, 1.807) is 22.7 Å². The Kier molecular flexibility index (Phi) is 3.99. The SMILES string of the molecule is Cc1ccc2[nH]cc(CCNC(=O)c3cn4c(n3)C(=O)N(C)CC4)c2c1. The molecule has 2 aromatic heterocycles. The van der Waals surface area contributed by atoms with Gasteiger partial charge in [-0.2, -0.15) is 0 Å². The molecule has 2 amide bonds. The van der Waals surface area contributed by atoms with Gasteiger partial charge in [0.2, 0.25) is 0 Å². The van der Waals surface area contributed by atoms with Crippen LogP contribution < -0.4 is 5.32 Å². The topological polar surface area (TPSA) is 83.0 Å². The Hall–Kier alpha value is -3.09. The first kappa shape index (κ1) is 16.4. The van der Waals surface area contributed by atoms with Crippen LogP contribution in [0.4, 0.5) is 0 Å². The number of aromatic nitrogens is 3. The minimum absolute atomic E-state index is 0.149. The Morgan fingerprint density at radius 3 is 3.04 bits per heavy atom. The number of amides is 2. The van der Waals surface area contributed by atoms with Crippen LogP contribution in [0.1, 0.15) is 32.2 Å². The van der Waals surface area contributed by atoms with Crippen LogP contribution in [0.25, 0.3) is 10.9 Å². The van der Waals surface area contributed by atoms with Gasteiger partial charge in [0.15, 0.2) is 5.82 Å². The van der Waals surface area contributed by atoms with E-state index in [0.717, 1.165) is 11.9 Å². The van der Waals surface area contributed by atoms with E-state index < -0.39 is 0 Å². The molecule has 0 saturated heterocycles. The number of benzene rings is 1. The molecule has 0 saturated carbocycles. The molecule has 0 radical (unpaired) electrons. The Balaban J connectivity index is 1.42. The number of likely N-dealkylation sites (N-methyl/N-ethyl adjacent to an activating group) is 1. The van der Waals surface area contributed by atoms with Crippen molar-refractivity contribution in [1.29, 1.82) is 0 Å². The Morgan fingerprint density at radius 2 is 2.19 bits per heavy atom. The molecule has 1 aromatic carbocycles. The van der Waals surface area contributed by atoms with E-state index in [9.17, 15) is 9.59 Å². The summed E-state index contributed by atoms with van der Waals surface area (Å²) >= 11 is 0. The van der Waals surface area contributed by atoms with Crippen molar-refractivity contribution in [2.24, 2.45) is 0 Å². The lowest BCUT2D eigenvalue weighted by molar-refractivity contribution is 0.0741. The van der Waals surface area contributed by atoms with Gasteiger partial charge in [-0.05, 0) is 31.0 Å². The highest BCUT2D eigenvalue weighted by Gasteiger charge is 2.25. The number of nitrogens with zero attached hydrogens (tertiary/aromatic N) is 3. The lowest BCUT2D eigenvalue weighted by Crippen LogP contribution is -2.37. The number of rotatable bonds is 4. The van der Waals surface area contributed by atoms with Crippen molar-refractivity contribution in [3.8, 4) is 0 Å².